The average molecular weight is 206 g/mol. The van der Waals surface area contributed by atoms with Gasteiger partial charge < -0.3 is 5.32 Å². The summed E-state index contributed by atoms with van der Waals surface area (Å²) in [5, 5.41) is 3.64. The Kier molecular flexibility index (Phi) is 4.05. The highest BCUT2D eigenvalue weighted by Gasteiger charge is 2.33. The predicted octanol–water partition coefficient (Wildman–Crippen LogP) is 1.62. The van der Waals surface area contributed by atoms with Crippen molar-refractivity contribution >= 4 is 0 Å². The van der Waals surface area contributed by atoms with Gasteiger partial charge in [0.1, 0.15) is 0 Å². The monoisotopic (exact) mass is 206 g/mol. The van der Waals surface area contributed by atoms with E-state index in [-0.39, 0.29) is 0 Å². The fourth-order valence-corrected chi connectivity index (χ4v) is 2.38. The van der Waals surface area contributed by atoms with E-state index in [9.17, 15) is 0 Å². The number of rotatable bonds is 6. The van der Waals surface area contributed by atoms with E-state index in [0.29, 0.717) is 0 Å². The quantitative estimate of drug-likeness (QED) is 0.525. The average Bonchev–Trinajstić information content (AvgIpc) is 2.99. The molecule has 1 aliphatic carbocycles. The molecule has 1 N–H and O–H groups in total. The van der Waals surface area contributed by atoms with E-state index < -0.39 is 0 Å². The van der Waals surface area contributed by atoms with Gasteiger partial charge in [0, 0.05) is 31.6 Å². The van der Waals surface area contributed by atoms with E-state index in [4.69, 9.17) is 6.42 Å². The Morgan fingerprint density at radius 1 is 1.27 bits per heavy atom. The zero-order valence-electron chi connectivity index (χ0n) is 9.54. The molecule has 2 nitrogen and oxygen atoms in total. The number of nitrogens with one attached hydrogen (secondary N) is 1. The van der Waals surface area contributed by atoms with Crippen LogP contribution in [0.2, 0.25) is 0 Å². The van der Waals surface area contributed by atoms with Gasteiger partial charge in [-0.3, -0.25) is 4.90 Å². The molecule has 0 aromatic rings. The molecule has 1 heterocycles. The minimum Gasteiger partial charge on any atom is -0.313 e. The topological polar surface area (TPSA) is 15.3 Å². The molecule has 0 aromatic heterocycles. The molecular formula is C13H22N2. The van der Waals surface area contributed by atoms with Gasteiger partial charge in [0.05, 0.1) is 0 Å². The van der Waals surface area contributed by atoms with Crippen LogP contribution >= 0.6 is 0 Å². The Hall–Kier alpha value is -0.520. The Balaban J connectivity index is 1.51. The Morgan fingerprint density at radius 2 is 2.13 bits per heavy atom. The van der Waals surface area contributed by atoms with E-state index in [1.54, 1.807) is 0 Å². The standard InChI is InChI=1S/C13H22N2/c1-2-3-4-5-9-14-12-8-10-15(11-12)13-6-7-13/h1,12-14H,3-11H2. The van der Waals surface area contributed by atoms with Gasteiger partial charge in [0.2, 0.25) is 0 Å². The van der Waals surface area contributed by atoms with Crippen LogP contribution in [0.1, 0.15) is 38.5 Å². The zero-order valence-corrected chi connectivity index (χ0v) is 9.54. The molecule has 1 aliphatic heterocycles. The number of hydrogen-bond acceptors (Lipinski definition) is 2. The van der Waals surface area contributed by atoms with E-state index in [2.05, 4.69) is 16.1 Å². The molecule has 0 aromatic carbocycles. The molecule has 1 unspecified atom stereocenters. The van der Waals surface area contributed by atoms with Gasteiger partial charge >= 0.3 is 0 Å². The lowest BCUT2D eigenvalue weighted by Gasteiger charge is -2.15. The summed E-state index contributed by atoms with van der Waals surface area (Å²) < 4.78 is 0. The van der Waals surface area contributed by atoms with Crippen molar-refractivity contribution in [1.82, 2.24) is 10.2 Å². The van der Waals surface area contributed by atoms with Crippen LogP contribution in [0.5, 0.6) is 0 Å². The lowest BCUT2D eigenvalue weighted by molar-refractivity contribution is 0.317. The lowest BCUT2D eigenvalue weighted by atomic mass is 10.2. The van der Waals surface area contributed by atoms with Crippen LogP contribution in [0.4, 0.5) is 0 Å². The summed E-state index contributed by atoms with van der Waals surface area (Å²) in [4.78, 5) is 2.65. The van der Waals surface area contributed by atoms with Crippen LogP contribution < -0.4 is 5.32 Å². The van der Waals surface area contributed by atoms with E-state index in [0.717, 1.165) is 25.0 Å². The molecule has 0 radical (unpaired) electrons. The van der Waals surface area contributed by atoms with E-state index in [1.807, 2.05) is 0 Å². The van der Waals surface area contributed by atoms with Gasteiger partial charge in [0.25, 0.3) is 0 Å². The molecule has 0 bridgehead atoms. The summed E-state index contributed by atoms with van der Waals surface area (Å²) in [5.41, 5.74) is 0. The maximum atomic E-state index is 5.21. The number of nitrogens with zero attached hydrogens (tertiary/aromatic N) is 1. The number of terminal acetylenes is 1. The molecule has 1 saturated carbocycles. The first kappa shape index (κ1) is 11.0. The van der Waals surface area contributed by atoms with Gasteiger partial charge in [-0.1, -0.05) is 0 Å². The molecule has 2 rings (SSSR count). The van der Waals surface area contributed by atoms with Gasteiger partial charge in [-0.05, 0) is 38.6 Å². The minimum absolute atomic E-state index is 0.747. The van der Waals surface area contributed by atoms with Crippen LogP contribution in [0, 0.1) is 12.3 Å². The minimum atomic E-state index is 0.747. The number of unbranched alkanes of at least 4 members (excludes halogenated alkanes) is 2. The highest BCUT2D eigenvalue weighted by molar-refractivity contribution is 4.91. The normalized spacial score (nSPS) is 26.7. The molecule has 15 heavy (non-hydrogen) atoms. The van der Waals surface area contributed by atoms with Crippen molar-refractivity contribution in [2.75, 3.05) is 19.6 Å². The fraction of sp³-hybridized carbons (Fsp3) is 0.846. The first-order chi connectivity index (χ1) is 7.40. The van der Waals surface area contributed by atoms with Gasteiger partial charge in [-0.25, -0.2) is 0 Å². The summed E-state index contributed by atoms with van der Waals surface area (Å²) in [6.45, 7) is 3.73. The second kappa shape index (κ2) is 5.53. The van der Waals surface area contributed by atoms with Gasteiger partial charge in [-0.2, -0.15) is 0 Å². The summed E-state index contributed by atoms with van der Waals surface area (Å²) in [6, 6.07) is 1.69. The SMILES string of the molecule is C#CCCCCNC1CCN(C2CC2)C1. The highest BCUT2D eigenvalue weighted by Crippen LogP contribution is 2.29. The van der Waals surface area contributed by atoms with Crippen molar-refractivity contribution in [1.29, 1.82) is 0 Å². The maximum absolute atomic E-state index is 5.21. The summed E-state index contributed by atoms with van der Waals surface area (Å²) in [6.07, 6.45) is 12.8. The summed E-state index contributed by atoms with van der Waals surface area (Å²) >= 11 is 0. The number of likely N-dealkylation sites (tertiary alicyclic amines) is 1. The van der Waals surface area contributed by atoms with Crippen LogP contribution in [0.15, 0.2) is 0 Å². The van der Waals surface area contributed by atoms with Crippen LogP contribution in [-0.4, -0.2) is 36.6 Å². The van der Waals surface area contributed by atoms with Crippen molar-refractivity contribution in [3.05, 3.63) is 0 Å². The van der Waals surface area contributed by atoms with Crippen LogP contribution in [0.25, 0.3) is 0 Å². The molecule has 2 heteroatoms. The molecule has 1 saturated heterocycles. The third-order valence-electron chi connectivity index (χ3n) is 3.46. The van der Waals surface area contributed by atoms with Gasteiger partial charge in [-0.15, -0.1) is 12.3 Å². The van der Waals surface area contributed by atoms with Crippen molar-refractivity contribution in [2.45, 2.75) is 50.6 Å². The first-order valence-corrected chi connectivity index (χ1v) is 6.31. The van der Waals surface area contributed by atoms with Crippen molar-refractivity contribution in [3.8, 4) is 12.3 Å². The molecule has 84 valence electrons. The second-order valence-electron chi connectivity index (χ2n) is 4.83. The number of hydrogen-bond donors (Lipinski definition) is 1. The molecule has 1 atom stereocenters. The Morgan fingerprint density at radius 3 is 2.87 bits per heavy atom. The Labute approximate surface area is 93.4 Å². The lowest BCUT2D eigenvalue weighted by Crippen LogP contribution is -2.33. The largest absolute Gasteiger partial charge is 0.313 e. The van der Waals surface area contributed by atoms with Crippen molar-refractivity contribution in [2.24, 2.45) is 0 Å². The molecule has 0 amide bonds. The molecule has 2 fully saturated rings. The van der Waals surface area contributed by atoms with Crippen molar-refractivity contribution < 1.29 is 0 Å². The van der Waals surface area contributed by atoms with E-state index in [1.165, 1.54) is 45.2 Å². The van der Waals surface area contributed by atoms with E-state index >= 15 is 0 Å². The van der Waals surface area contributed by atoms with Crippen molar-refractivity contribution in [3.63, 3.8) is 0 Å². The second-order valence-corrected chi connectivity index (χ2v) is 4.83. The predicted molar refractivity (Wildman–Crippen MR) is 63.7 cm³/mol. The molecule has 2 aliphatic rings. The molecule has 0 spiro atoms. The smallest absolute Gasteiger partial charge is 0.0207 e. The summed E-state index contributed by atoms with van der Waals surface area (Å²) in [5.74, 6) is 2.69. The zero-order chi connectivity index (χ0) is 10.5. The molecular weight excluding hydrogens is 184 g/mol. The third-order valence-corrected chi connectivity index (χ3v) is 3.46. The first-order valence-electron chi connectivity index (χ1n) is 6.31. The van der Waals surface area contributed by atoms with Crippen LogP contribution in [-0.2, 0) is 0 Å². The van der Waals surface area contributed by atoms with Crippen LogP contribution in [0.3, 0.4) is 0 Å². The van der Waals surface area contributed by atoms with Gasteiger partial charge in [0.15, 0.2) is 0 Å². The Bertz CT molecular complexity index is 227. The fourth-order valence-electron chi connectivity index (χ4n) is 2.38. The third kappa shape index (κ3) is 3.52. The summed E-state index contributed by atoms with van der Waals surface area (Å²) in [7, 11) is 0. The highest BCUT2D eigenvalue weighted by atomic mass is 15.2. The maximum Gasteiger partial charge on any atom is 0.0207 e.